The molecule has 216 valence electrons. The monoisotopic (exact) mass is 575 g/mol. The molecule has 1 spiro atoms. The topological polar surface area (TPSA) is 120 Å². The number of nitrogens with two attached hydrogens (primary N) is 1. The summed E-state index contributed by atoms with van der Waals surface area (Å²) in [6, 6.07) is 4.10. The molecule has 1 aromatic carbocycles. The molecule has 3 aromatic rings. The molecule has 41 heavy (non-hydrogen) atoms. The van der Waals surface area contributed by atoms with Gasteiger partial charge < -0.3 is 25.8 Å². The first-order valence-corrected chi connectivity index (χ1v) is 14.7. The Morgan fingerprint density at radius 2 is 1.93 bits per heavy atom. The number of halogens is 1. The van der Waals surface area contributed by atoms with Crippen molar-refractivity contribution in [2.75, 3.05) is 48.3 Å². The van der Waals surface area contributed by atoms with Gasteiger partial charge in [-0.3, -0.25) is 9.48 Å². The van der Waals surface area contributed by atoms with E-state index in [1.54, 1.807) is 6.20 Å². The summed E-state index contributed by atoms with van der Waals surface area (Å²) < 4.78 is 2.18. The van der Waals surface area contributed by atoms with Crippen LogP contribution in [0.4, 0.5) is 17.2 Å². The highest BCUT2D eigenvalue weighted by Gasteiger charge is 2.53. The second-order valence-electron chi connectivity index (χ2n) is 12.4. The van der Waals surface area contributed by atoms with E-state index in [0.29, 0.717) is 16.3 Å². The Morgan fingerprint density at radius 1 is 1.17 bits per heavy atom. The molecule has 3 fully saturated rings. The molecule has 11 heteroatoms. The van der Waals surface area contributed by atoms with E-state index in [0.717, 1.165) is 92.3 Å². The van der Waals surface area contributed by atoms with Crippen molar-refractivity contribution in [3.8, 4) is 11.1 Å². The molecule has 0 bridgehead atoms. The zero-order chi connectivity index (χ0) is 29.1. The predicted octanol–water partition coefficient (Wildman–Crippen LogP) is 4.48. The minimum atomic E-state index is -0.228. The van der Waals surface area contributed by atoms with E-state index in [2.05, 4.69) is 45.5 Å². The van der Waals surface area contributed by atoms with Crippen LogP contribution in [-0.2, 0) is 4.79 Å². The number of nitrogens with one attached hydrogen (secondary N) is 1. The van der Waals surface area contributed by atoms with E-state index >= 15 is 0 Å². The van der Waals surface area contributed by atoms with Crippen LogP contribution in [-0.4, -0.2) is 75.8 Å². The number of aromatic nitrogens is 4. The van der Waals surface area contributed by atoms with Crippen LogP contribution < -0.4 is 15.5 Å². The lowest BCUT2D eigenvalue weighted by Gasteiger charge is -2.58. The van der Waals surface area contributed by atoms with Gasteiger partial charge in [-0.1, -0.05) is 18.5 Å². The van der Waals surface area contributed by atoms with Crippen LogP contribution in [0, 0.1) is 24.7 Å². The third-order valence-corrected chi connectivity index (χ3v) is 10.2. The molecule has 1 aliphatic carbocycles. The van der Waals surface area contributed by atoms with E-state index in [9.17, 15) is 4.79 Å². The molecule has 0 radical (unpaired) electrons. The van der Waals surface area contributed by atoms with Crippen molar-refractivity contribution in [1.82, 2.24) is 24.9 Å². The highest BCUT2D eigenvalue weighted by molar-refractivity contribution is 6.35. The highest BCUT2D eigenvalue weighted by Crippen LogP contribution is 2.55. The van der Waals surface area contributed by atoms with Gasteiger partial charge in [0.1, 0.15) is 0 Å². The summed E-state index contributed by atoms with van der Waals surface area (Å²) in [6.45, 7) is 12.6. The first-order chi connectivity index (χ1) is 19.6. The number of amides is 1. The molecule has 3 N–H and O–H groups in total. The number of nitrogen functional groups attached to an aromatic ring is 1. The van der Waals surface area contributed by atoms with Crippen molar-refractivity contribution in [3.63, 3.8) is 0 Å². The van der Waals surface area contributed by atoms with Crippen LogP contribution >= 0.6 is 11.6 Å². The molecule has 2 aromatic heterocycles. The Hall–Kier alpha value is -3.66. The van der Waals surface area contributed by atoms with E-state index in [-0.39, 0.29) is 17.0 Å². The molecule has 1 saturated carbocycles. The number of hydrogen-bond acceptors (Lipinski definition) is 8. The Balaban J connectivity index is 1.45. The quantitative estimate of drug-likeness (QED) is 0.242. The fourth-order valence-electron chi connectivity index (χ4n) is 7.26. The molecule has 2 saturated heterocycles. The first-order valence-electron chi connectivity index (χ1n) is 14.3. The summed E-state index contributed by atoms with van der Waals surface area (Å²) in [7, 11) is 0. The molecular formula is C30H38ClN9O. The Bertz CT molecular complexity index is 1490. The summed E-state index contributed by atoms with van der Waals surface area (Å²) in [6.07, 6.45) is 8.71. The predicted molar refractivity (Wildman–Crippen MR) is 163 cm³/mol. The van der Waals surface area contributed by atoms with Crippen LogP contribution in [0.3, 0.4) is 0 Å². The number of carbonyl (C=O) groups is 1. The van der Waals surface area contributed by atoms with Crippen molar-refractivity contribution in [2.24, 2.45) is 5.41 Å². The number of piperazine rings is 1. The van der Waals surface area contributed by atoms with Gasteiger partial charge in [0.25, 0.3) is 0 Å². The van der Waals surface area contributed by atoms with Crippen molar-refractivity contribution in [3.05, 3.63) is 46.4 Å². The average Bonchev–Trinajstić information content (AvgIpc) is 3.25. The fraction of sp³-hybridized carbons (Fsp3) is 0.500. The zero-order valence-electron chi connectivity index (χ0n) is 24.2. The Morgan fingerprint density at radius 3 is 2.56 bits per heavy atom. The van der Waals surface area contributed by atoms with E-state index < -0.39 is 0 Å². The fourth-order valence-corrected chi connectivity index (χ4v) is 7.51. The lowest BCUT2D eigenvalue weighted by Crippen LogP contribution is -2.62. The molecule has 10 nitrogen and oxygen atoms in total. The molecular weight excluding hydrogens is 538 g/mol. The maximum absolute atomic E-state index is 11.2. The van der Waals surface area contributed by atoms with Gasteiger partial charge in [-0.25, -0.2) is 0 Å². The number of benzene rings is 1. The maximum atomic E-state index is 11.2. The smallest absolute Gasteiger partial charge is 0.209 e. The summed E-state index contributed by atoms with van der Waals surface area (Å²) in [5.41, 5.74) is 12.3. The summed E-state index contributed by atoms with van der Waals surface area (Å²) in [5, 5.41) is 22.3. The SMILES string of the molecule is CC[C@@]1(C)CN(c2ccnnc2)CCN1c1nn(C2CC3(C2)CN(C=O)C3)c(C)c1-c1c(Cl)c(C)cc(N)c1C=N. The van der Waals surface area contributed by atoms with E-state index in [1.165, 1.54) is 6.21 Å². The number of carbonyl (C=O) groups excluding carboxylic acids is 1. The van der Waals surface area contributed by atoms with Crippen LogP contribution in [0.25, 0.3) is 11.1 Å². The molecule has 3 aliphatic rings. The molecule has 1 amide bonds. The van der Waals surface area contributed by atoms with Gasteiger partial charge in [-0.2, -0.15) is 15.3 Å². The minimum absolute atomic E-state index is 0.206. The normalized spacial score (nSPS) is 22.0. The van der Waals surface area contributed by atoms with Crippen LogP contribution in [0.15, 0.2) is 24.5 Å². The number of hydrogen-bond donors (Lipinski definition) is 2. The third-order valence-electron chi connectivity index (χ3n) is 9.68. The molecule has 4 heterocycles. The zero-order valence-corrected chi connectivity index (χ0v) is 24.9. The van der Waals surface area contributed by atoms with Crippen LogP contribution in [0.5, 0.6) is 0 Å². The number of likely N-dealkylation sites (tertiary alicyclic amines) is 1. The lowest BCUT2D eigenvalue weighted by molar-refractivity contribution is -0.140. The van der Waals surface area contributed by atoms with Gasteiger partial charge in [0.2, 0.25) is 6.41 Å². The van der Waals surface area contributed by atoms with Gasteiger partial charge in [0.15, 0.2) is 5.82 Å². The minimum Gasteiger partial charge on any atom is -0.398 e. The lowest BCUT2D eigenvalue weighted by atomic mass is 9.61. The largest absolute Gasteiger partial charge is 0.398 e. The third kappa shape index (κ3) is 4.34. The highest BCUT2D eigenvalue weighted by atomic mass is 35.5. The Kier molecular flexibility index (Phi) is 6.71. The van der Waals surface area contributed by atoms with E-state index in [1.807, 2.05) is 30.2 Å². The second-order valence-corrected chi connectivity index (χ2v) is 12.7. The van der Waals surface area contributed by atoms with Crippen LogP contribution in [0.2, 0.25) is 5.02 Å². The van der Waals surface area contributed by atoms with Crippen LogP contribution in [0.1, 0.15) is 56.0 Å². The molecule has 6 rings (SSSR count). The average molecular weight is 576 g/mol. The summed E-state index contributed by atoms with van der Waals surface area (Å²) >= 11 is 7.05. The molecule has 0 unspecified atom stereocenters. The number of aryl methyl sites for hydroxylation is 1. The van der Waals surface area contributed by atoms with Gasteiger partial charge in [-0.15, -0.1) is 0 Å². The number of anilines is 3. The summed E-state index contributed by atoms with van der Waals surface area (Å²) in [5.74, 6) is 0.887. The van der Waals surface area contributed by atoms with Gasteiger partial charge in [-0.05, 0) is 57.7 Å². The van der Waals surface area contributed by atoms with Crippen molar-refractivity contribution in [1.29, 1.82) is 5.41 Å². The first kappa shape index (κ1) is 27.5. The molecule has 2 aliphatic heterocycles. The standard InChI is InChI=1S/C30H38ClN9O/c1-5-29(4)15-38(21-6-7-34-35-14-21)8-9-39(29)28-25(26-23(13-32)24(33)10-19(2)27(26)31)20(3)40(36-28)22-11-30(12-22)16-37(17-30)18-41/h6-7,10,13-14,18,22,32H,5,8-9,11-12,15-17,33H2,1-4H3/t29-/m0/s1. The van der Waals surface area contributed by atoms with Gasteiger partial charge in [0, 0.05) is 72.4 Å². The maximum Gasteiger partial charge on any atom is 0.209 e. The number of rotatable bonds is 7. The molecule has 1 atom stereocenters. The van der Waals surface area contributed by atoms with Gasteiger partial charge in [0.05, 0.1) is 34.7 Å². The number of nitrogens with zero attached hydrogens (tertiary/aromatic N) is 7. The van der Waals surface area contributed by atoms with Gasteiger partial charge >= 0.3 is 0 Å². The van der Waals surface area contributed by atoms with Crippen molar-refractivity contribution < 1.29 is 4.79 Å². The Labute approximate surface area is 246 Å². The van der Waals surface area contributed by atoms with Crippen molar-refractivity contribution in [2.45, 2.75) is 58.5 Å². The van der Waals surface area contributed by atoms with E-state index in [4.69, 9.17) is 27.8 Å². The van der Waals surface area contributed by atoms with Crippen molar-refractivity contribution >= 4 is 41.4 Å². The second kappa shape index (κ2) is 10.0. The summed E-state index contributed by atoms with van der Waals surface area (Å²) in [4.78, 5) is 17.9.